The van der Waals surface area contributed by atoms with E-state index in [9.17, 15) is 4.79 Å². The number of rotatable bonds is 6. The lowest BCUT2D eigenvalue weighted by Crippen LogP contribution is -2.29. The van der Waals surface area contributed by atoms with Gasteiger partial charge in [0.05, 0.1) is 11.8 Å². The van der Waals surface area contributed by atoms with Crippen LogP contribution in [0.5, 0.6) is 0 Å². The van der Waals surface area contributed by atoms with Crippen LogP contribution in [0.15, 0.2) is 29.1 Å². The topological polar surface area (TPSA) is 83.3 Å². The van der Waals surface area contributed by atoms with Crippen LogP contribution in [0.4, 0.5) is 11.8 Å². The van der Waals surface area contributed by atoms with Gasteiger partial charge in [-0.25, -0.2) is 4.98 Å². The SMILES string of the molecule is Cc1cc(N2CCCC2)nc(NCCNC(=O)c2ccoc2)n1. The van der Waals surface area contributed by atoms with E-state index in [1.165, 1.54) is 25.4 Å². The minimum Gasteiger partial charge on any atom is -0.472 e. The molecule has 2 N–H and O–H groups in total. The Morgan fingerprint density at radius 1 is 1.30 bits per heavy atom. The van der Waals surface area contributed by atoms with Crippen LogP contribution in [0.1, 0.15) is 28.9 Å². The van der Waals surface area contributed by atoms with E-state index in [0.717, 1.165) is 24.6 Å². The van der Waals surface area contributed by atoms with Gasteiger partial charge in [0.25, 0.3) is 5.91 Å². The lowest BCUT2D eigenvalue weighted by atomic mass is 10.3. The maximum absolute atomic E-state index is 11.8. The standard InChI is InChI=1S/C16H21N5O2/c1-12-10-14(21-7-2-3-8-21)20-16(19-12)18-6-5-17-15(22)13-4-9-23-11-13/h4,9-11H,2-3,5-8H2,1H3,(H,17,22)(H,18,19,20). The predicted octanol–water partition coefficient (Wildman–Crippen LogP) is 1.82. The van der Waals surface area contributed by atoms with Crippen LogP contribution < -0.4 is 15.5 Å². The summed E-state index contributed by atoms with van der Waals surface area (Å²) in [6, 6.07) is 3.64. The largest absolute Gasteiger partial charge is 0.472 e. The number of furan rings is 1. The first-order valence-corrected chi connectivity index (χ1v) is 7.87. The summed E-state index contributed by atoms with van der Waals surface area (Å²) in [6.45, 7) is 5.12. The Morgan fingerprint density at radius 3 is 2.87 bits per heavy atom. The molecule has 0 spiro atoms. The Kier molecular flexibility index (Phi) is 4.75. The molecule has 23 heavy (non-hydrogen) atoms. The normalized spacial score (nSPS) is 14.0. The molecule has 0 radical (unpaired) electrons. The highest BCUT2D eigenvalue weighted by molar-refractivity contribution is 5.93. The Morgan fingerprint density at radius 2 is 2.13 bits per heavy atom. The highest BCUT2D eigenvalue weighted by Crippen LogP contribution is 2.19. The number of anilines is 2. The summed E-state index contributed by atoms with van der Waals surface area (Å²) in [4.78, 5) is 23.0. The number of carbonyl (C=O) groups is 1. The number of nitrogens with one attached hydrogen (secondary N) is 2. The number of nitrogens with zero attached hydrogens (tertiary/aromatic N) is 3. The highest BCUT2D eigenvalue weighted by atomic mass is 16.3. The molecule has 1 saturated heterocycles. The average Bonchev–Trinajstić information content (AvgIpc) is 3.23. The van der Waals surface area contributed by atoms with E-state index < -0.39 is 0 Å². The maximum Gasteiger partial charge on any atom is 0.254 e. The monoisotopic (exact) mass is 315 g/mol. The molecule has 0 bridgehead atoms. The van der Waals surface area contributed by atoms with Crippen LogP contribution in [0, 0.1) is 6.92 Å². The molecule has 0 unspecified atom stereocenters. The summed E-state index contributed by atoms with van der Waals surface area (Å²) < 4.78 is 4.89. The summed E-state index contributed by atoms with van der Waals surface area (Å²) >= 11 is 0. The van der Waals surface area contributed by atoms with Crippen molar-refractivity contribution in [1.29, 1.82) is 0 Å². The molecule has 7 nitrogen and oxygen atoms in total. The van der Waals surface area contributed by atoms with Crippen LogP contribution in [0.2, 0.25) is 0 Å². The summed E-state index contributed by atoms with van der Waals surface area (Å²) in [5.74, 6) is 1.42. The Labute approximate surface area is 135 Å². The Hall–Kier alpha value is -2.57. The summed E-state index contributed by atoms with van der Waals surface area (Å²) in [6.07, 6.45) is 5.33. The van der Waals surface area contributed by atoms with Gasteiger partial charge in [0, 0.05) is 37.9 Å². The van der Waals surface area contributed by atoms with E-state index in [4.69, 9.17) is 4.42 Å². The van der Waals surface area contributed by atoms with E-state index in [1.807, 2.05) is 13.0 Å². The average molecular weight is 315 g/mol. The van der Waals surface area contributed by atoms with Crippen LogP contribution >= 0.6 is 0 Å². The van der Waals surface area contributed by atoms with Crippen LogP contribution in [0.3, 0.4) is 0 Å². The summed E-state index contributed by atoms with van der Waals surface area (Å²) in [5, 5.41) is 5.98. The molecule has 7 heteroatoms. The Bertz CT molecular complexity index is 650. The highest BCUT2D eigenvalue weighted by Gasteiger charge is 2.15. The number of aromatic nitrogens is 2. The molecule has 1 amide bonds. The Balaban J connectivity index is 1.51. The number of aryl methyl sites for hydroxylation is 1. The predicted molar refractivity (Wildman–Crippen MR) is 87.7 cm³/mol. The van der Waals surface area contributed by atoms with E-state index in [-0.39, 0.29) is 5.91 Å². The van der Waals surface area contributed by atoms with Gasteiger partial charge >= 0.3 is 0 Å². The number of amides is 1. The molecule has 122 valence electrons. The molecule has 0 saturated carbocycles. The van der Waals surface area contributed by atoms with Crippen molar-refractivity contribution in [2.45, 2.75) is 19.8 Å². The minimum atomic E-state index is -0.150. The summed E-state index contributed by atoms with van der Waals surface area (Å²) in [7, 11) is 0. The second-order valence-corrected chi connectivity index (χ2v) is 5.58. The van der Waals surface area contributed by atoms with Gasteiger partial charge in [-0.05, 0) is 25.8 Å². The van der Waals surface area contributed by atoms with Crippen LogP contribution in [0.25, 0.3) is 0 Å². The van der Waals surface area contributed by atoms with Crippen LogP contribution in [-0.2, 0) is 0 Å². The fourth-order valence-corrected chi connectivity index (χ4v) is 2.59. The van der Waals surface area contributed by atoms with Gasteiger partial charge in [-0.15, -0.1) is 0 Å². The van der Waals surface area contributed by atoms with Gasteiger partial charge < -0.3 is 20.0 Å². The molecule has 0 aliphatic carbocycles. The molecule has 0 atom stereocenters. The van der Waals surface area contributed by atoms with Crippen molar-refractivity contribution in [1.82, 2.24) is 15.3 Å². The lowest BCUT2D eigenvalue weighted by molar-refractivity contribution is 0.0954. The van der Waals surface area contributed by atoms with E-state index >= 15 is 0 Å². The molecule has 2 aromatic heterocycles. The van der Waals surface area contributed by atoms with Gasteiger partial charge in [0.15, 0.2) is 0 Å². The van der Waals surface area contributed by atoms with E-state index in [0.29, 0.717) is 24.6 Å². The number of hydrogen-bond donors (Lipinski definition) is 2. The molecule has 1 fully saturated rings. The number of carbonyl (C=O) groups excluding carboxylic acids is 1. The van der Waals surface area contributed by atoms with Crippen molar-refractivity contribution in [2.75, 3.05) is 36.4 Å². The van der Waals surface area contributed by atoms with Gasteiger partial charge in [0.2, 0.25) is 5.95 Å². The molecular weight excluding hydrogens is 294 g/mol. The van der Waals surface area contributed by atoms with Gasteiger partial charge in [-0.3, -0.25) is 4.79 Å². The molecule has 0 aromatic carbocycles. The third kappa shape index (κ3) is 4.00. The van der Waals surface area contributed by atoms with Crippen molar-refractivity contribution < 1.29 is 9.21 Å². The lowest BCUT2D eigenvalue weighted by Gasteiger charge is -2.17. The van der Waals surface area contributed by atoms with Crippen molar-refractivity contribution in [3.8, 4) is 0 Å². The second kappa shape index (κ2) is 7.13. The van der Waals surface area contributed by atoms with Gasteiger partial charge in [-0.2, -0.15) is 4.98 Å². The zero-order valence-electron chi connectivity index (χ0n) is 13.2. The van der Waals surface area contributed by atoms with Crippen molar-refractivity contribution in [2.24, 2.45) is 0 Å². The fourth-order valence-electron chi connectivity index (χ4n) is 2.59. The molecule has 3 heterocycles. The first-order valence-electron chi connectivity index (χ1n) is 7.87. The van der Waals surface area contributed by atoms with Gasteiger partial charge in [0.1, 0.15) is 12.1 Å². The summed E-state index contributed by atoms with van der Waals surface area (Å²) in [5.41, 5.74) is 1.46. The van der Waals surface area contributed by atoms with Gasteiger partial charge in [-0.1, -0.05) is 0 Å². The zero-order chi connectivity index (χ0) is 16.1. The van der Waals surface area contributed by atoms with E-state index in [1.54, 1.807) is 6.07 Å². The quantitative estimate of drug-likeness (QED) is 0.791. The van der Waals surface area contributed by atoms with Crippen molar-refractivity contribution in [3.63, 3.8) is 0 Å². The number of hydrogen-bond acceptors (Lipinski definition) is 6. The molecule has 2 aromatic rings. The first-order chi connectivity index (χ1) is 11.2. The zero-order valence-corrected chi connectivity index (χ0v) is 13.2. The van der Waals surface area contributed by atoms with Crippen molar-refractivity contribution in [3.05, 3.63) is 35.9 Å². The second-order valence-electron chi connectivity index (χ2n) is 5.58. The van der Waals surface area contributed by atoms with Crippen LogP contribution in [-0.4, -0.2) is 42.1 Å². The van der Waals surface area contributed by atoms with E-state index in [2.05, 4.69) is 25.5 Å². The molecule has 1 aliphatic rings. The molecule has 1 aliphatic heterocycles. The fraction of sp³-hybridized carbons (Fsp3) is 0.438. The third-order valence-electron chi connectivity index (χ3n) is 3.75. The third-order valence-corrected chi connectivity index (χ3v) is 3.75. The smallest absolute Gasteiger partial charge is 0.254 e. The first kappa shape index (κ1) is 15.3. The molecule has 3 rings (SSSR count). The van der Waals surface area contributed by atoms with Crippen molar-refractivity contribution >= 4 is 17.7 Å². The minimum absolute atomic E-state index is 0.150. The maximum atomic E-state index is 11.8. The molecular formula is C16H21N5O2.